The van der Waals surface area contributed by atoms with Gasteiger partial charge in [0, 0.05) is 13.1 Å². The van der Waals surface area contributed by atoms with Gasteiger partial charge in [0.1, 0.15) is 0 Å². The minimum Gasteiger partial charge on any atom is -0.397 e. The van der Waals surface area contributed by atoms with Gasteiger partial charge in [0.15, 0.2) is 0 Å². The van der Waals surface area contributed by atoms with Gasteiger partial charge in [-0.1, -0.05) is 38.8 Å². The van der Waals surface area contributed by atoms with E-state index in [1.807, 2.05) is 20.8 Å². The van der Waals surface area contributed by atoms with E-state index in [2.05, 4.69) is 0 Å². The molecule has 0 aromatic heterocycles. The third kappa shape index (κ3) is 3.84. The lowest BCUT2D eigenvalue weighted by molar-refractivity contribution is 0.361. The molecule has 4 nitrogen and oxygen atoms in total. The Kier molecular flexibility index (Phi) is 5.64. The van der Waals surface area contributed by atoms with Crippen LogP contribution in [0.2, 0.25) is 5.02 Å². The summed E-state index contributed by atoms with van der Waals surface area (Å²) in [6, 6.07) is 4.42. The summed E-state index contributed by atoms with van der Waals surface area (Å²) in [4.78, 5) is 0.194. The van der Waals surface area contributed by atoms with E-state index in [-0.39, 0.29) is 10.6 Å². The zero-order valence-electron chi connectivity index (χ0n) is 11.6. The standard InChI is InChI=1S/C13H21ClN2O2S/c1-4-10(3)9-16(5-2)19(17,18)11-6-7-12(14)13(15)8-11/h6-8,10H,4-5,9,15H2,1-3H3. The molecule has 0 aliphatic heterocycles. The van der Waals surface area contributed by atoms with Gasteiger partial charge in [-0.15, -0.1) is 0 Å². The number of nitrogens with zero attached hydrogens (tertiary/aromatic N) is 1. The van der Waals surface area contributed by atoms with Crippen LogP contribution in [0.4, 0.5) is 5.69 Å². The molecule has 0 saturated heterocycles. The Bertz CT molecular complexity index is 531. The first-order chi connectivity index (χ1) is 8.82. The molecule has 1 aromatic rings. The molecule has 0 saturated carbocycles. The van der Waals surface area contributed by atoms with Crippen LogP contribution in [-0.4, -0.2) is 25.8 Å². The highest BCUT2D eigenvalue weighted by atomic mass is 35.5. The Morgan fingerprint density at radius 2 is 2.00 bits per heavy atom. The zero-order chi connectivity index (χ0) is 14.6. The van der Waals surface area contributed by atoms with Gasteiger partial charge in [0.2, 0.25) is 10.0 Å². The average molecular weight is 305 g/mol. The molecular weight excluding hydrogens is 284 g/mol. The quantitative estimate of drug-likeness (QED) is 0.822. The lowest BCUT2D eigenvalue weighted by Crippen LogP contribution is -2.34. The van der Waals surface area contributed by atoms with Crippen LogP contribution in [0.5, 0.6) is 0 Å². The van der Waals surface area contributed by atoms with Crippen LogP contribution in [0.3, 0.4) is 0 Å². The minimum atomic E-state index is -3.50. The number of halogens is 1. The van der Waals surface area contributed by atoms with Crippen LogP contribution in [0.1, 0.15) is 27.2 Å². The highest BCUT2D eigenvalue weighted by Gasteiger charge is 2.24. The monoisotopic (exact) mass is 304 g/mol. The molecule has 0 spiro atoms. The van der Waals surface area contributed by atoms with Crippen molar-refractivity contribution in [1.82, 2.24) is 4.31 Å². The summed E-state index contributed by atoms with van der Waals surface area (Å²) >= 11 is 5.82. The number of rotatable bonds is 6. The molecule has 0 aliphatic carbocycles. The molecule has 1 rings (SSSR count). The van der Waals surface area contributed by atoms with E-state index in [1.165, 1.54) is 22.5 Å². The minimum absolute atomic E-state index is 0.194. The molecule has 6 heteroatoms. The lowest BCUT2D eigenvalue weighted by atomic mass is 10.1. The molecule has 0 bridgehead atoms. The second-order valence-electron chi connectivity index (χ2n) is 4.65. The first-order valence-corrected chi connectivity index (χ1v) is 8.19. The van der Waals surface area contributed by atoms with Crippen molar-refractivity contribution in [3.63, 3.8) is 0 Å². The van der Waals surface area contributed by atoms with Crippen LogP contribution in [0.25, 0.3) is 0 Å². The summed E-state index contributed by atoms with van der Waals surface area (Å²) in [6.07, 6.45) is 0.939. The van der Waals surface area contributed by atoms with Crippen LogP contribution in [0, 0.1) is 5.92 Å². The van der Waals surface area contributed by atoms with Crippen LogP contribution in [-0.2, 0) is 10.0 Å². The SMILES string of the molecule is CCC(C)CN(CC)S(=O)(=O)c1ccc(Cl)c(N)c1. The van der Waals surface area contributed by atoms with Crippen molar-refractivity contribution in [3.05, 3.63) is 23.2 Å². The fourth-order valence-corrected chi connectivity index (χ4v) is 3.43. The molecule has 0 amide bonds. The maximum atomic E-state index is 12.5. The predicted octanol–water partition coefficient (Wildman–Crippen LogP) is 2.98. The molecule has 1 atom stereocenters. The van der Waals surface area contributed by atoms with Gasteiger partial charge in [-0.3, -0.25) is 0 Å². The summed E-state index contributed by atoms with van der Waals surface area (Å²) in [7, 11) is -3.50. The number of sulfonamides is 1. The maximum absolute atomic E-state index is 12.5. The second-order valence-corrected chi connectivity index (χ2v) is 7.00. The van der Waals surface area contributed by atoms with E-state index in [4.69, 9.17) is 17.3 Å². The number of hydrogen-bond acceptors (Lipinski definition) is 3. The van der Waals surface area contributed by atoms with Crippen molar-refractivity contribution < 1.29 is 8.42 Å². The first kappa shape index (κ1) is 16.3. The number of hydrogen-bond donors (Lipinski definition) is 1. The molecular formula is C13H21ClN2O2S. The fourth-order valence-electron chi connectivity index (χ4n) is 1.71. The molecule has 0 fully saturated rings. The van der Waals surface area contributed by atoms with Crippen LogP contribution >= 0.6 is 11.6 Å². The van der Waals surface area contributed by atoms with Crippen molar-refractivity contribution in [2.75, 3.05) is 18.8 Å². The molecule has 1 unspecified atom stereocenters. The van der Waals surface area contributed by atoms with Crippen molar-refractivity contribution in [2.24, 2.45) is 5.92 Å². The Morgan fingerprint density at radius 3 is 2.47 bits per heavy atom. The second kappa shape index (κ2) is 6.59. The normalized spacial score (nSPS) is 13.7. The van der Waals surface area contributed by atoms with Crippen molar-refractivity contribution in [2.45, 2.75) is 32.1 Å². The Labute approximate surface area is 120 Å². The van der Waals surface area contributed by atoms with Gasteiger partial charge in [0.25, 0.3) is 0 Å². The molecule has 108 valence electrons. The van der Waals surface area contributed by atoms with Gasteiger partial charge in [-0.25, -0.2) is 8.42 Å². The van der Waals surface area contributed by atoms with Crippen molar-refractivity contribution >= 4 is 27.3 Å². The molecule has 1 aromatic carbocycles. The third-order valence-electron chi connectivity index (χ3n) is 3.17. The van der Waals surface area contributed by atoms with Gasteiger partial charge in [0.05, 0.1) is 15.6 Å². The van der Waals surface area contributed by atoms with E-state index < -0.39 is 10.0 Å². The number of anilines is 1. The zero-order valence-corrected chi connectivity index (χ0v) is 13.1. The Morgan fingerprint density at radius 1 is 1.37 bits per heavy atom. The van der Waals surface area contributed by atoms with Gasteiger partial charge in [-0.2, -0.15) is 4.31 Å². The summed E-state index contributed by atoms with van der Waals surface area (Å²) in [5, 5.41) is 0.365. The maximum Gasteiger partial charge on any atom is 0.243 e. The lowest BCUT2D eigenvalue weighted by Gasteiger charge is -2.23. The molecule has 0 radical (unpaired) electrons. The van der Waals surface area contributed by atoms with E-state index >= 15 is 0 Å². The third-order valence-corrected chi connectivity index (χ3v) is 5.45. The van der Waals surface area contributed by atoms with E-state index in [0.29, 0.717) is 24.0 Å². The highest BCUT2D eigenvalue weighted by Crippen LogP contribution is 2.25. The number of nitrogen functional groups attached to an aromatic ring is 1. The molecule has 0 aliphatic rings. The Balaban J connectivity index is 3.09. The summed E-state index contributed by atoms with van der Waals surface area (Å²) < 4.78 is 26.5. The molecule has 19 heavy (non-hydrogen) atoms. The van der Waals surface area contributed by atoms with E-state index in [1.54, 1.807) is 0 Å². The predicted molar refractivity (Wildman–Crippen MR) is 79.8 cm³/mol. The largest absolute Gasteiger partial charge is 0.397 e. The van der Waals surface area contributed by atoms with Crippen molar-refractivity contribution in [1.29, 1.82) is 0 Å². The van der Waals surface area contributed by atoms with Crippen LogP contribution in [0.15, 0.2) is 23.1 Å². The Hall–Kier alpha value is -0.780. The van der Waals surface area contributed by atoms with E-state index in [0.717, 1.165) is 6.42 Å². The van der Waals surface area contributed by atoms with E-state index in [9.17, 15) is 8.42 Å². The fraction of sp³-hybridized carbons (Fsp3) is 0.538. The van der Waals surface area contributed by atoms with Gasteiger partial charge >= 0.3 is 0 Å². The van der Waals surface area contributed by atoms with Gasteiger partial charge < -0.3 is 5.73 Å². The summed E-state index contributed by atoms with van der Waals surface area (Å²) in [6.45, 7) is 6.87. The highest BCUT2D eigenvalue weighted by molar-refractivity contribution is 7.89. The summed E-state index contributed by atoms with van der Waals surface area (Å²) in [5.74, 6) is 0.319. The van der Waals surface area contributed by atoms with Crippen molar-refractivity contribution in [3.8, 4) is 0 Å². The summed E-state index contributed by atoms with van der Waals surface area (Å²) in [5.41, 5.74) is 5.95. The number of nitrogens with two attached hydrogens (primary N) is 1. The number of benzene rings is 1. The van der Waals surface area contributed by atoms with Gasteiger partial charge in [-0.05, 0) is 24.1 Å². The molecule has 2 N–H and O–H groups in total. The topological polar surface area (TPSA) is 63.4 Å². The first-order valence-electron chi connectivity index (χ1n) is 6.38. The van der Waals surface area contributed by atoms with Crippen LogP contribution < -0.4 is 5.73 Å². The average Bonchev–Trinajstić information content (AvgIpc) is 2.38. The molecule has 0 heterocycles. The smallest absolute Gasteiger partial charge is 0.243 e.